The van der Waals surface area contributed by atoms with E-state index >= 15 is 0 Å². The Bertz CT molecular complexity index is 3120. The normalized spacial score (nSPS) is 11.6. The summed E-state index contributed by atoms with van der Waals surface area (Å²) in [5, 5.41) is 3.94. The molecule has 0 aliphatic carbocycles. The van der Waals surface area contributed by atoms with Crippen molar-refractivity contribution in [1.82, 2.24) is 28.4 Å². The van der Waals surface area contributed by atoms with Crippen molar-refractivity contribution in [3.8, 4) is 24.2 Å². The molecule has 0 fully saturated rings. The van der Waals surface area contributed by atoms with Crippen molar-refractivity contribution >= 4 is 154 Å². The molecule has 8 rings (SSSR count). The molecule has 0 spiro atoms. The van der Waals surface area contributed by atoms with Gasteiger partial charge in [0.2, 0.25) is 0 Å². The molecule has 15 heteroatoms. The third kappa shape index (κ3) is 12.9. The number of aromatic nitrogens is 6. The number of halogens is 5. The molecule has 0 aliphatic heterocycles. The molecule has 0 aliphatic rings. The van der Waals surface area contributed by atoms with E-state index in [1.807, 2.05) is 87.9 Å². The number of pyridine rings is 3. The summed E-state index contributed by atoms with van der Waals surface area (Å²) in [5.41, 5.74) is 8.40. The number of anilines is 2. The maximum absolute atomic E-state index is 5.21. The van der Waals surface area contributed by atoms with Gasteiger partial charge >= 0.3 is 0 Å². The Morgan fingerprint density at radius 2 is 1.00 bits per heavy atom. The minimum atomic E-state index is -1.90. The lowest BCUT2D eigenvalue weighted by Gasteiger charge is -2.38. The van der Waals surface area contributed by atoms with Crippen LogP contribution < -0.4 is 9.80 Å². The van der Waals surface area contributed by atoms with Crippen LogP contribution in [0.5, 0.6) is 0 Å². The number of benzene rings is 2. The van der Waals surface area contributed by atoms with Crippen molar-refractivity contribution in [2.45, 2.75) is 77.8 Å². The Balaban J connectivity index is 0.000000184. The number of fused-ring (bicyclic) bond motifs is 3. The van der Waals surface area contributed by atoms with Gasteiger partial charge in [-0.05, 0) is 194 Å². The quantitative estimate of drug-likeness (QED) is 0.108. The van der Waals surface area contributed by atoms with Gasteiger partial charge in [0, 0.05) is 98.9 Å². The molecule has 0 amide bonds. The standard InChI is InChI=1S/C23H28BrN3Si.C13H18BrIN2Si.C10H11N.C7H4BrIN2/c1-23(2,3)28(6,7)27-19(16-20-21(24)14-15-25-22(20)27)13-10-17-8-11-18(12-9-17)26(4)5;1-13(2,3)18(4,5)17-11(15)8-9-10(14)6-7-16-12(9)17;1-4-9-5-7-10(8-6-9)11(2)3;8-5-1-2-10-7-4(5)3-6(9)11-7/h8-9,11-12,14-16H,1-7H3;6-8H,1-5H3;1,5-8H,2-3H3;1-3H,(H,10,11). The molecule has 6 heterocycles. The maximum atomic E-state index is 5.21. The second-order valence-corrected chi connectivity index (χ2v) is 34.8. The van der Waals surface area contributed by atoms with Crippen molar-refractivity contribution in [3.63, 3.8) is 0 Å². The zero-order valence-corrected chi connectivity index (χ0v) is 52.5. The molecule has 2 aromatic carbocycles. The van der Waals surface area contributed by atoms with E-state index in [1.165, 1.54) is 20.5 Å². The molecule has 6 aromatic heterocycles. The van der Waals surface area contributed by atoms with Crippen LogP contribution in [0.4, 0.5) is 11.4 Å². The number of rotatable bonds is 4. The highest BCUT2D eigenvalue weighted by Crippen LogP contribution is 2.42. The smallest absolute Gasteiger partial charge is 0.164 e. The van der Waals surface area contributed by atoms with Gasteiger partial charge in [0.1, 0.15) is 16.9 Å². The molecule has 0 unspecified atom stereocenters. The van der Waals surface area contributed by atoms with Gasteiger partial charge in [-0.3, -0.25) is 0 Å². The maximum Gasteiger partial charge on any atom is 0.164 e. The zero-order valence-electron chi connectivity index (χ0n) is 41.4. The Labute approximate surface area is 458 Å². The molecule has 0 saturated heterocycles. The molecule has 0 bridgehead atoms. The summed E-state index contributed by atoms with van der Waals surface area (Å²) in [5.74, 6) is 9.38. The first-order chi connectivity index (χ1) is 31.7. The summed E-state index contributed by atoms with van der Waals surface area (Å²) >= 11 is 15.4. The van der Waals surface area contributed by atoms with Gasteiger partial charge in [-0.1, -0.05) is 79.6 Å². The average Bonchev–Trinajstić information content (AvgIpc) is 3.96. The lowest BCUT2D eigenvalue weighted by atomic mass is 10.2. The van der Waals surface area contributed by atoms with E-state index in [4.69, 9.17) is 11.4 Å². The number of nitrogens with one attached hydrogen (secondary N) is 1. The van der Waals surface area contributed by atoms with Gasteiger partial charge in [-0.2, -0.15) is 0 Å². The van der Waals surface area contributed by atoms with Gasteiger partial charge in [-0.25, -0.2) is 15.0 Å². The predicted molar refractivity (Wildman–Crippen MR) is 325 cm³/mol. The molecule has 0 saturated carbocycles. The third-order valence-corrected chi connectivity index (χ3v) is 27.1. The number of terminal acetylenes is 1. The molecule has 8 aromatic rings. The monoisotopic (exact) mass is 1360 g/mol. The summed E-state index contributed by atoms with van der Waals surface area (Å²) in [6, 6.07) is 28.7. The number of H-pyrrole nitrogens is 1. The van der Waals surface area contributed by atoms with Gasteiger partial charge in [0.15, 0.2) is 16.5 Å². The van der Waals surface area contributed by atoms with E-state index < -0.39 is 16.5 Å². The van der Waals surface area contributed by atoms with Crippen molar-refractivity contribution in [2.24, 2.45) is 0 Å². The molecule has 0 radical (unpaired) electrons. The van der Waals surface area contributed by atoms with E-state index in [0.29, 0.717) is 5.04 Å². The first-order valence-electron chi connectivity index (χ1n) is 22.0. The molecule has 1 N–H and O–H groups in total. The van der Waals surface area contributed by atoms with Gasteiger partial charge < -0.3 is 23.2 Å². The van der Waals surface area contributed by atoms with Crippen LogP contribution in [-0.4, -0.2) is 73.1 Å². The lowest BCUT2D eigenvalue weighted by Crippen LogP contribution is -2.46. The fraction of sp³-hybridized carbons (Fsp3) is 0.302. The van der Waals surface area contributed by atoms with Crippen molar-refractivity contribution in [1.29, 1.82) is 0 Å². The van der Waals surface area contributed by atoms with Crippen LogP contribution in [0.15, 0.2) is 117 Å². The van der Waals surface area contributed by atoms with Crippen LogP contribution in [0.25, 0.3) is 33.1 Å². The van der Waals surface area contributed by atoms with E-state index in [0.717, 1.165) is 61.7 Å². The molecular formula is C53H61Br3I2N8Si2. The second kappa shape index (κ2) is 22.8. The van der Waals surface area contributed by atoms with E-state index in [2.05, 4.69) is 249 Å². The minimum absolute atomic E-state index is 0.173. The summed E-state index contributed by atoms with van der Waals surface area (Å²) in [7, 11) is 4.57. The topological polar surface area (TPSA) is 70.8 Å². The minimum Gasteiger partial charge on any atom is -0.378 e. The highest BCUT2D eigenvalue weighted by molar-refractivity contribution is 14.1. The number of nitrogens with zero attached hydrogens (tertiary/aromatic N) is 7. The number of hydrogen-bond donors (Lipinski definition) is 1. The second-order valence-electron chi connectivity index (χ2n) is 19.8. The fourth-order valence-corrected chi connectivity index (χ4v) is 15.0. The first-order valence-corrected chi connectivity index (χ1v) is 32.4. The zero-order chi connectivity index (χ0) is 50.5. The van der Waals surface area contributed by atoms with Crippen LogP contribution in [0.2, 0.25) is 36.3 Å². The average molecular weight is 1360 g/mol. The van der Waals surface area contributed by atoms with Crippen LogP contribution >= 0.6 is 93.0 Å². The summed E-state index contributed by atoms with van der Waals surface area (Å²) in [4.78, 5) is 20.8. The fourth-order valence-electron chi connectivity index (χ4n) is 6.76. The Morgan fingerprint density at radius 3 is 1.46 bits per heavy atom. The Hall–Kier alpha value is -3.44. The first kappa shape index (κ1) is 55.5. The highest BCUT2D eigenvalue weighted by atomic mass is 127. The van der Waals surface area contributed by atoms with Crippen LogP contribution in [0.1, 0.15) is 58.4 Å². The van der Waals surface area contributed by atoms with Crippen molar-refractivity contribution in [3.05, 3.63) is 141 Å². The molecule has 8 nitrogen and oxygen atoms in total. The summed E-state index contributed by atoms with van der Waals surface area (Å²) in [6.07, 6.45) is 10.7. The van der Waals surface area contributed by atoms with E-state index in [-0.39, 0.29) is 5.04 Å². The summed E-state index contributed by atoms with van der Waals surface area (Å²) in [6.45, 7) is 23.6. The van der Waals surface area contributed by atoms with Gasteiger partial charge in [-0.15, -0.1) is 6.42 Å². The highest BCUT2D eigenvalue weighted by Gasteiger charge is 2.41. The molecule has 0 atom stereocenters. The number of hydrogen-bond acceptors (Lipinski definition) is 5. The van der Waals surface area contributed by atoms with Crippen LogP contribution in [0, 0.1) is 31.6 Å². The van der Waals surface area contributed by atoms with Crippen LogP contribution in [-0.2, 0) is 0 Å². The van der Waals surface area contributed by atoms with Crippen molar-refractivity contribution < 1.29 is 0 Å². The lowest BCUT2D eigenvalue weighted by molar-refractivity contribution is 0.700. The SMILES string of the molecule is Brc1ccnc2[nH]c(I)cc12.C#Cc1ccc(N(C)C)cc1.CC(C)(C)[Si](C)(C)n1c(I)cc2c(Br)ccnc21.CN(C)c1ccc(C#Cc2cc3c(Br)ccnc3n2[Si](C)(C)C(C)(C)C)cc1. The molecular weight excluding hydrogens is 1300 g/mol. The van der Waals surface area contributed by atoms with Crippen molar-refractivity contribution in [2.75, 3.05) is 38.0 Å². The predicted octanol–water partition coefficient (Wildman–Crippen LogP) is 16.0. The number of aromatic amines is 1. The van der Waals surface area contributed by atoms with Crippen LogP contribution in [0.3, 0.4) is 0 Å². The Kier molecular flexibility index (Phi) is 18.6. The van der Waals surface area contributed by atoms with E-state index in [9.17, 15) is 0 Å². The molecule has 68 heavy (non-hydrogen) atoms. The largest absolute Gasteiger partial charge is 0.378 e. The van der Waals surface area contributed by atoms with E-state index in [1.54, 1.807) is 6.20 Å². The Morgan fingerprint density at radius 1 is 0.574 bits per heavy atom. The van der Waals surface area contributed by atoms with Gasteiger partial charge in [0.05, 0.1) is 13.1 Å². The third-order valence-electron chi connectivity index (χ3n) is 12.8. The summed E-state index contributed by atoms with van der Waals surface area (Å²) < 4.78 is 10.6. The molecule has 356 valence electrons. The van der Waals surface area contributed by atoms with Gasteiger partial charge in [0.25, 0.3) is 0 Å².